The molecule has 2 aliphatic heterocycles. The van der Waals surface area contributed by atoms with Crippen molar-refractivity contribution in [3.05, 3.63) is 81.7 Å². The van der Waals surface area contributed by atoms with Crippen LogP contribution in [0.25, 0.3) is 5.69 Å². The zero-order valence-corrected chi connectivity index (χ0v) is 19.5. The summed E-state index contributed by atoms with van der Waals surface area (Å²) in [5.74, 6) is 0.102. The highest BCUT2D eigenvalue weighted by atomic mass is 35.5. The molecule has 5 rings (SSSR count). The molecule has 1 amide bonds. The Morgan fingerprint density at radius 2 is 1.55 bits per heavy atom. The topological polar surface area (TPSA) is 62.5 Å². The number of anilines is 1. The summed E-state index contributed by atoms with van der Waals surface area (Å²) >= 11 is 6.56. The van der Waals surface area contributed by atoms with Crippen LogP contribution in [0.3, 0.4) is 0 Å². The van der Waals surface area contributed by atoms with E-state index in [-0.39, 0.29) is 16.5 Å². The third-order valence-electron chi connectivity index (χ3n) is 6.95. The van der Waals surface area contributed by atoms with Crippen molar-refractivity contribution in [3.63, 3.8) is 0 Å². The van der Waals surface area contributed by atoms with Gasteiger partial charge in [-0.25, -0.2) is 4.68 Å². The SMILES string of the molecule is CCn1c(CN2CCC3(CC2)C(=O)NCN3c2ccccc2)c(Cl)c(=O)n1-c1ccccc1. The number of carbonyl (C=O) groups is 1. The Kier molecular flexibility index (Phi) is 5.76. The van der Waals surface area contributed by atoms with Gasteiger partial charge in [0.05, 0.1) is 18.1 Å². The fraction of sp³-hybridized carbons (Fsp3) is 0.360. The molecule has 8 heteroatoms. The maximum absolute atomic E-state index is 13.0. The van der Waals surface area contributed by atoms with Gasteiger partial charge in [0.2, 0.25) is 5.91 Å². The Labute approximate surface area is 198 Å². The highest BCUT2D eigenvalue weighted by Crippen LogP contribution is 2.36. The van der Waals surface area contributed by atoms with E-state index in [0.29, 0.717) is 19.8 Å². The Morgan fingerprint density at radius 3 is 2.15 bits per heavy atom. The normalized spacial score (nSPS) is 18.1. The van der Waals surface area contributed by atoms with Crippen molar-refractivity contribution in [1.29, 1.82) is 0 Å². The van der Waals surface area contributed by atoms with Gasteiger partial charge < -0.3 is 10.2 Å². The summed E-state index contributed by atoms with van der Waals surface area (Å²) in [7, 11) is 0. The quantitative estimate of drug-likeness (QED) is 0.628. The molecule has 2 saturated heterocycles. The monoisotopic (exact) mass is 465 g/mol. The third kappa shape index (κ3) is 3.65. The van der Waals surface area contributed by atoms with Gasteiger partial charge in [-0.3, -0.25) is 19.2 Å². The van der Waals surface area contributed by atoms with E-state index in [0.717, 1.165) is 43.0 Å². The van der Waals surface area contributed by atoms with Crippen LogP contribution in [0.5, 0.6) is 0 Å². The first kappa shape index (κ1) is 21.8. The average molecular weight is 466 g/mol. The first-order valence-electron chi connectivity index (χ1n) is 11.4. The predicted octanol–water partition coefficient (Wildman–Crippen LogP) is 3.24. The molecule has 1 N–H and O–H groups in total. The van der Waals surface area contributed by atoms with E-state index >= 15 is 0 Å². The van der Waals surface area contributed by atoms with Gasteiger partial charge in [-0.05, 0) is 44.0 Å². The molecule has 0 unspecified atom stereocenters. The number of halogens is 1. The van der Waals surface area contributed by atoms with Crippen LogP contribution < -0.4 is 15.8 Å². The molecule has 3 aromatic rings. The minimum absolute atomic E-state index is 0.102. The summed E-state index contributed by atoms with van der Waals surface area (Å²) in [4.78, 5) is 30.4. The number of aromatic nitrogens is 2. The molecule has 2 fully saturated rings. The lowest BCUT2D eigenvalue weighted by atomic mass is 9.85. The van der Waals surface area contributed by atoms with Gasteiger partial charge in [0.15, 0.2) is 0 Å². The molecule has 0 aliphatic carbocycles. The van der Waals surface area contributed by atoms with Crippen LogP contribution in [0, 0.1) is 0 Å². The number of rotatable bonds is 5. The second-order valence-corrected chi connectivity index (χ2v) is 9.04. The Hall–Kier alpha value is -3.03. The van der Waals surface area contributed by atoms with E-state index in [1.807, 2.05) is 60.1 Å². The van der Waals surface area contributed by atoms with Gasteiger partial charge in [-0.2, -0.15) is 0 Å². The zero-order chi connectivity index (χ0) is 23.0. The number of nitrogens with one attached hydrogen (secondary N) is 1. The van der Waals surface area contributed by atoms with Crippen molar-refractivity contribution >= 4 is 23.2 Å². The number of para-hydroxylation sites is 2. The lowest BCUT2D eigenvalue weighted by molar-refractivity contribution is -0.125. The van der Waals surface area contributed by atoms with Gasteiger partial charge in [0, 0.05) is 31.9 Å². The van der Waals surface area contributed by atoms with Crippen molar-refractivity contribution in [1.82, 2.24) is 19.6 Å². The first-order valence-corrected chi connectivity index (χ1v) is 11.8. The maximum atomic E-state index is 13.0. The Bertz CT molecular complexity index is 1200. The van der Waals surface area contributed by atoms with Gasteiger partial charge in [0.1, 0.15) is 10.6 Å². The molecule has 33 heavy (non-hydrogen) atoms. The smallest absolute Gasteiger partial charge is 0.290 e. The third-order valence-corrected chi connectivity index (χ3v) is 7.33. The largest absolute Gasteiger partial charge is 0.339 e. The summed E-state index contributed by atoms with van der Waals surface area (Å²) < 4.78 is 3.62. The number of carbonyl (C=O) groups excluding carboxylic acids is 1. The number of hydrogen-bond donors (Lipinski definition) is 1. The van der Waals surface area contributed by atoms with Crippen molar-refractivity contribution < 1.29 is 4.79 Å². The number of nitrogens with zero attached hydrogens (tertiary/aromatic N) is 4. The van der Waals surface area contributed by atoms with Gasteiger partial charge in [0.25, 0.3) is 5.56 Å². The van der Waals surface area contributed by atoms with E-state index in [4.69, 9.17) is 11.6 Å². The average Bonchev–Trinajstić information content (AvgIpc) is 3.30. The van der Waals surface area contributed by atoms with Crippen LogP contribution in [0.15, 0.2) is 65.5 Å². The van der Waals surface area contributed by atoms with E-state index in [1.165, 1.54) is 0 Å². The zero-order valence-electron chi connectivity index (χ0n) is 18.7. The molecular weight excluding hydrogens is 438 g/mol. The highest BCUT2D eigenvalue weighted by molar-refractivity contribution is 6.31. The molecule has 1 spiro atoms. The minimum atomic E-state index is -0.526. The Morgan fingerprint density at radius 1 is 0.939 bits per heavy atom. The van der Waals surface area contributed by atoms with E-state index in [1.54, 1.807) is 4.68 Å². The van der Waals surface area contributed by atoms with Crippen molar-refractivity contribution in [2.75, 3.05) is 24.7 Å². The predicted molar refractivity (Wildman–Crippen MR) is 130 cm³/mol. The number of hydrogen-bond acceptors (Lipinski definition) is 4. The molecule has 0 bridgehead atoms. The van der Waals surface area contributed by atoms with Crippen LogP contribution in [0.1, 0.15) is 25.5 Å². The summed E-state index contributed by atoms with van der Waals surface area (Å²) in [5, 5.41) is 3.32. The minimum Gasteiger partial charge on any atom is -0.339 e. The van der Waals surface area contributed by atoms with Gasteiger partial charge in [-0.15, -0.1) is 0 Å². The molecule has 2 aliphatic rings. The lowest BCUT2D eigenvalue weighted by Crippen LogP contribution is -2.56. The lowest BCUT2D eigenvalue weighted by Gasteiger charge is -2.43. The summed E-state index contributed by atoms with van der Waals surface area (Å²) in [6.07, 6.45) is 1.45. The van der Waals surface area contributed by atoms with Gasteiger partial charge >= 0.3 is 0 Å². The molecule has 1 aromatic heterocycles. The molecule has 3 heterocycles. The van der Waals surface area contributed by atoms with E-state index in [2.05, 4.69) is 27.2 Å². The van der Waals surface area contributed by atoms with Crippen LogP contribution in [0.4, 0.5) is 5.69 Å². The van der Waals surface area contributed by atoms with Crippen LogP contribution in [0.2, 0.25) is 5.02 Å². The fourth-order valence-electron chi connectivity index (χ4n) is 5.19. The molecule has 0 atom stereocenters. The molecule has 172 valence electrons. The Balaban J connectivity index is 1.38. The summed E-state index contributed by atoms with van der Waals surface area (Å²) in [6, 6.07) is 19.7. The summed E-state index contributed by atoms with van der Waals surface area (Å²) in [5.41, 5.74) is 1.96. The number of piperidine rings is 1. The molecule has 0 radical (unpaired) electrons. The van der Waals surface area contributed by atoms with Crippen LogP contribution in [-0.4, -0.2) is 45.5 Å². The molecular formula is C25H28ClN5O2. The second-order valence-electron chi connectivity index (χ2n) is 8.66. The van der Waals surface area contributed by atoms with Crippen molar-refractivity contribution in [3.8, 4) is 5.69 Å². The standard InChI is InChI=1S/C25H28ClN5O2/c1-2-30-21(22(26)23(32)31(30)20-11-7-4-8-12-20)17-28-15-13-25(14-16-28)24(33)27-18-29(25)19-9-5-3-6-10-19/h3-12H,2,13-18H2,1H3,(H,27,33). The summed E-state index contributed by atoms with van der Waals surface area (Å²) in [6.45, 7) is 5.26. The number of benzene rings is 2. The van der Waals surface area contributed by atoms with Crippen molar-refractivity contribution in [2.45, 2.75) is 38.4 Å². The molecule has 0 saturated carbocycles. The number of likely N-dealkylation sites (tertiary alicyclic amines) is 1. The van der Waals surface area contributed by atoms with Crippen LogP contribution in [-0.2, 0) is 17.9 Å². The molecule has 7 nitrogen and oxygen atoms in total. The second kappa shape index (κ2) is 8.72. The first-order chi connectivity index (χ1) is 16.0. The molecule has 2 aromatic carbocycles. The van der Waals surface area contributed by atoms with Crippen molar-refractivity contribution in [2.24, 2.45) is 0 Å². The van der Waals surface area contributed by atoms with E-state index < -0.39 is 5.54 Å². The van der Waals surface area contributed by atoms with E-state index in [9.17, 15) is 9.59 Å². The van der Waals surface area contributed by atoms with Gasteiger partial charge in [-0.1, -0.05) is 48.0 Å². The highest BCUT2D eigenvalue weighted by Gasteiger charge is 2.50. The van der Waals surface area contributed by atoms with Crippen LogP contribution >= 0.6 is 11.6 Å². The maximum Gasteiger partial charge on any atom is 0.290 e. The number of amides is 1. The fourth-order valence-corrected chi connectivity index (χ4v) is 5.43.